The second kappa shape index (κ2) is 7.05. The Labute approximate surface area is 119 Å². The highest BCUT2D eigenvalue weighted by Gasteiger charge is 2.18. The van der Waals surface area contributed by atoms with Crippen molar-refractivity contribution in [2.24, 2.45) is 5.73 Å². The van der Waals surface area contributed by atoms with Crippen LogP contribution in [-0.4, -0.2) is 23.0 Å². The van der Waals surface area contributed by atoms with Crippen LogP contribution in [0.5, 0.6) is 0 Å². The molecule has 4 N–H and O–H groups in total. The summed E-state index contributed by atoms with van der Waals surface area (Å²) in [6.45, 7) is 6.02. The standard InChI is InChI=1S/C15H22N2O3/c1-9(2)11-6-4-5-10(3)14(11)17-15(20)12(16)7-8-13(18)19/h4-6,9,12H,7-8,16H2,1-3H3,(H,17,20)(H,18,19). The number of carbonyl (C=O) groups is 2. The first kappa shape index (κ1) is 16.2. The van der Waals surface area contributed by atoms with Gasteiger partial charge in [0, 0.05) is 12.1 Å². The maximum atomic E-state index is 12.0. The van der Waals surface area contributed by atoms with Gasteiger partial charge in [0.1, 0.15) is 0 Å². The van der Waals surface area contributed by atoms with E-state index in [-0.39, 0.29) is 24.7 Å². The Bertz CT molecular complexity index is 498. The van der Waals surface area contributed by atoms with Crippen LogP contribution in [0.4, 0.5) is 5.69 Å². The van der Waals surface area contributed by atoms with Crippen LogP contribution >= 0.6 is 0 Å². The van der Waals surface area contributed by atoms with Crippen LogP contribution in [-0.2, 0) is 9.59 Å². The summed E-state index contributed by atoms with van der Waals surface area (Å²) in [4.78, 5) is 22.5. The van der Waals surface area contributed by atoms with Crippen molar-refractivity contribution < 1.29 is 14.7 Å². The van der Waals surface area contributed by atoms with Gasteiger partial charge < -0.3 is 16.2 Å². The summed E-state index contributed by atoms with van der Waals surface area (Å²) in [5, 5.41) is 11.4. The fraction of sp³-hybridized carbons (Fsp3) is 0.467. The van der Waals surface area contributed by atoms with Crippen LogP contribution in [0, 0.1) is 6.92 Å². The molecule has 0 radical (unpaired) electrons. The summed E-state index contributed by atoms with van der Waals surface area (Å²) in [5.74, 6) is -1.02. The number of carboxylic acid groups (broad SMARTS) is 1. The maximum Gasteiger partial charge on any atom is 0.303 e. The SMILES string of the molecule is Cc1cccc(C(C)C)c1NC(=O)C(N)CCC(=O)O. The minimum Gasteiger partial charge on any atom is -0.481 e. The van der Waals surface area contributed by atoms with Crippen molar-refractivity contribution in [3.8, 4) is 0 Å². The number of nitrogens with two attached hydrogens (primary N) is 1. The zero-order valence-corrected chi connectivity index (χ0v) is 12.1. The minimum absolute atomic E-state index is 0.112. The van der Waals surface area contributed by atoms with E-state index in [9.17, 15) is 9.59 Å². The van der Waals surface area contributed by atoms with E-state index in [2.05, 4.69) is 19.2 Å². The highest BCUT2D eigenvalue weighted by molar-refractivity contribution is 5.96. The molecule has 0 saturated carbocycles. The number of anilines is 1. The zero-order chi connectivity index (χ0) is 15.3. The molecule has 5 nitrogen and oxygen atoms in total. The lowest BCUT2D eigenvalue weighted by Crippen LogP contribution is -2.36. The Morgan fingerprint density at radius 1 is 1.35 bits per heavy atom. The Balaban J connectivity index is 2.82. The van der Waals surface area contributed by atoms with Crippen LogP contribution in [0.15, 0.2) is 18.2 Å². The van der Waals surface area contributed by atoms with E-state index < -0.39 is 12.0 Å². The highest BCUT2D eigenvalue weighted by atomic mass is 16.4. The lowest BCUT2D eigenvalue weighted by atomic mass is 9.98. The molecule has 1 rings (SSSR count). The van der Waals surface area contributed by atoms with Crippen LogP contribution in [0.25, 0.3) is 0 Å². The Hall–Kier alpha value is -1.88. The van der Waals surface area contributed by atoms with E-state index >= 15 is 0 Å². The third-order valence-electron chi connectivity index (χ3n) is 3.18. The molecule has 1 aromatic carbocycles. The summed E-state index contributed by atoms with van der Waals surface area (Å²) in [5.41, 5.74) is 8.50. The smallest absolute Gasteiger partial charge is 0.303 e. The molecule has 0 bridgehead atoms. The molecule has 1 atom stereocenters. The van der Waals surface area contributed by atoms with Crippen molar-refractivity contribution in [3.05, 3.63) is 29.3 Å². The van der Waals surface area contributed by atoms with Crippen molar-refractivity contribution in [2.75, 3.05) is 5.32 Å². The molecule has 0 aliphatic rings. The normalized spacial score (nSPS) is 12.2. The third-order valence-corrected chi connectivity index (χ3v) is 3.18. The Morgan fingerprint density at radius 3 is 2.55 bits per heavy atom. The van der Waals surface area contributed by atoms with Crippen LogP contribution in [0.3, 0.4) is 0 Å². The number of nitrogens with one attached hydrogen (secondary N) is 1. The highest BCUT2D eigenvalue weighted by Crippen LogP contribution is 2.27. The minimum atomic E-state index is -0.952. The number of rotatable bonds is 6. The number of hydrogen-bond acceptors (Lipinski definition) is 3. The van der Waals surface area contributed by atoms with E-state index in [0.717, 1.165) is 16.8 Å². The van der Waals surface area contributed by atoms with E-state index in [1.54, 1.807) is 0 Å². The molecule has 0 saturated heterocycles. The fourth-order valence-electron chi connectivity index (χ4n) is 1.97. The molecule has 0 heterocycles. The number of para-hydroxylation sites is 1. The van der Waals surface area contributed by atoms with Crippen LogP contribution in [0.1, 0.15) is 43.7 Å². The summed E-state index contributed by atoms with van der Waals surface area (Å²) < 4.78 is 0. The number of amides is 1. The predicted molar refractivity (Wildman–Crippen MR) is 78.7 cm³/mol. The number of carbonyl (C=O) groups excluding carboxylic acids is 1. The molecule has 110 valence electrons. The molecular weight excluding hydrogens is 256 g/mol. The summed E-state index contributed by atoms with van der Waals surface area (Å²) in [7, 11) is 0. The maximum absolute atomic E-state index is 12.0. The summed E-state index contributed by atoms with van der Waals surface area (Å²) in [6.07, 6.45) is 0.0173. The van der Waals surface area contributed by atoms with Crippen molar-refractivity contribution in [2.45, 2.75) is 45.6 Å². The van der Waals surface area contributed by atoms with Gasteiger partial charge in [-0.05, 0) is 30.4 Å². The van der Waals surface area contributed by atoms with Gasteiger partial charge in [0.15, 0.2) is 0 Å². The predicted octanol–water partition coefficient (Wildman–Crippen LogP) is 2.25. The number of hydrogen-bond donors (Lipinski definition) is 3. The molecular formula is C15H22N2O3. The van der Waals surface area contributed by atoms with Gasteiger partial charge in [-0.3, -0.25) is 9.59 Å². The topological polar surface area (TPSA) is 92.4 Å². The van der Waals surface area contributed by atoms with Crippen molar-refractivity contribution in [1.29, 1.82) is 0 Å². The van der Waals surface area contributed by atoms with Gasteiger partial charge in [-0.2, -0.15) is 0 Å². The average molecular weight is 278 g/mol. The van der Waals surface area contributed by atoms with Gasteiger partial charge in [0.05, 0.1) is 6.04 Å². The van der Waals surface area contributed by atoms with Gasteiger partial charge in [-0.1, -0.05) is 32.0 Å². The molecule has 1 aromatic rings. The quantitative estimate of drug-likeness (QED) is 0.744. The van der Waals surface area contributed by atoms with E-state index in [0.29, 0.717) is 0 Å². The van der Waals surface area contributed by atoms with Gasteiger partial charge in [-0.25, -0.2) is 0 Å². The molecule has 0 aliphatic carbocycles. The first-order chi connectivity index (χ1) is 9.32. The second-order valence-corrected chi connectivity index (χ2v) is 5.22. The first-order valence-corrected chi connectivity index (χ1v) is 6.70. The first-order valence-electron chi connectivity index (χ1n) is 6.70. The van der Waals surface area contributed by atoms with Crippen molar-refractivity contribution in [1.82, 2.24) is 0 Å². The summed E-state index contributed by atoms with van der Waals surface area (Å²) >= 11 is 0. The monoisotopic (exact) mass is 278 g/mol. The van der Waals surface area contributed by atoms with E-state index in [4.69, 9.17) is 10.8 Å². The fourth-order valence-corrected chi connectivity index (χ4v) is 1.97. The van der Waals surface area contributed by atoms with Crippen molar-refractivity contribution >= 4 is 17.6 Å². The largest absolute Gasteiger partial charge is 0.481 e. The molecule has 1 unspecified atom stereocenters. The third kappa shape index (κ3) is 4.35. The molecule has 20 heavy (non-hydrogen) atoms. The number of carboxylic acids is 1. The van der Waals surface area contributed by atoms with Gasteiger partial charge in [0.2, 0.25) is 5.91 Å². The number of aliphatic carboxylic acids is 1. The van der Waals surface area contributed by atoms with Gasteiger partial charge in [-0.15, -0.1) is 0 Å². The summed E-state index contributed by atoms with van der Waals surface area (Å²) in [6, 6.07) is 5.02. The van der Waals surface area contributed by atoms with E-state index in [1.165, 1.54) is 0 Å². The average Bonchev–Trinajstić information content (AvgIpc) is 2.37. The van der Waals surface area contributed by atoms with Gasteiger partial charge in [0.25, 0.3) is 0 Å². The molecule has 0 fully saturated rings. The Morgan fingerprint density at radius 2 is 2.00 bits per heavy atom. The number of aryl methyl sites for hydroxylation is 1. The number of benzene rings is 1. The van der Waals surface area contributed by atoms with E-state index in [1.807, 2.05) is 25.1 Å². The molecule has 1 amide bonds. The second-order valence-electron chi connectivity index (χ2n) is 5.22. The van der Waals surface area contributed by atoms with Gasteiger partial charge >= 0.3 is 5.97 Å². The molecule has 0 spiro atoms. The van der Waals surface area contributed by atoms with Crippen LogP contribution < -0.4 is 11.1 Å². The molecule has 5 heteroatoms. The Kier molecular flexibility index (Phi) is 5.70. The van der Waals surface area contributed by atoms with Crippen molar-refractivity contribution in [3.63, 3.8) is 0 Å². The molecule has 0 aromatic heterocycles. The zero-order valence-electron chi connectivity index (χ0n) is 12.1. The lowest BCUT2D eigenvalue weighted by Gasteiger charge is -2.18. The lowest BCUT2D eigenvalue weighted by molar-refractivity contribution is -0.137. The molecule has 0 aliphatic heterocycles. The van der Waals surface area contributed by atoms with Crippen LogP contribution in [0.2, 0.25) is 0 Å².